The largest absolute Gasteiger partial charge is 0.376 e. The van der Waals surface area contributed by atoms with Gasteiger partial charge in [-0.25, -0.2) is 0 Å². The molecule has 1 saturated carbocycles. The van der Waals surface area contributed by atoms with Gasteiger partial charge >= 0.3 is 0 Å². The summed E-state index contributed by atoms with van der Waals surface area (Å²) in [5.74, 6) is 0.580. The fraction of sp³-hybridized carbons (Fsp3) is 0.833. The van der Waals surface area contributed by atoms with E-state index in [9.17, 15) is 9.59 Å². The maximum absolute atomic E-state index is 11.7. The van der Waals surface area contributed by atoms with Crippen molar-refractivity contribution >= 4 is 11.8 Å². The molecule has 96 valence electrons. The van der Waals surface area contributed by atoms with Gasteiger partial charge in [-0.3, -0.25) is 9.59 Å². The number of hydrogen-bond acceptors (Lipinski definition) is 3. The zero-order valence-electron chi connectivity index (χ0n) is 10.3. The molecule has 1 aliphatic heterocycles. The lowest BCUT2D eigenvalue weighted by Gasteiger charge is -2.16. The molecule has 0 spiro atoms. The Morgan fingerprint density at radius 1 is 1.35 bits per heavy atom. The SMILES string of the molecule is CC(=O)NCC(=O)N1CCC(OCC2CC2)C1. The number of amides is 2. The van der Waals surface area contributed by atoms with Crippen molar-refractivity contribution < 1.29 is 14.3 Å². The van der Waals surface area contributed by atoms with Crippen molar-refractivity contribution in [3.8, 4) is 0 Å². The van der Waals surface area contributed by atoms with Crippen LogP contribution in [0.4, 0.5) is 0 Å². The normalized spacial score (nSPS) is 23.8. The number of ether oxygens (including phenoxy) is 1. The van der Waals surface area contributed by atoms with Gasteiger partial charge in [0.05, 0.1) is 12.6 Å². The molecule has 0 aromatic rings. The first-order valence-corrected chi connectivity index (χ1v) is 6.29. The van der Waals surface area contributed by atoms with Crippen LogP contribution in [-0.4, -0.2) is 49.1 Å². The van der Waals surface area contributed by atoms with E-state index in [0.717, 1.165) is 25.5 Å². The second-order valence-electron chi connectivity index (χ2n) is 4.94. The Balaban J connectivity index is 1.65. The highest BCUT2D eigenvalue weighted by molar-refractivity contribution is 5.83. The van der Waals surface area contributed by atoms with Gasteiger partial charge in [0, 0.05) is 26.6 Å². The summed E-state index contributed by atoms with van der Waals surface area (Å²) in [5, 5.41) is 2.53. The van der Waals surface area contributed by atoms with E-state index < -0.39 is 0 Å². The molecule has 1 N–H and O–H groups in total. The first-order chi connectivity index (χ1) is 8.15. The minimum atomic E-state index is -0.168. The number of likely N-dealkylation sites (tertiary alicyclic amines) is 1. The zero-order valence-corrected chi connectivity index (χ0v) is 10.3. The molecule has 0 aromatic carbocycles. The monoisotopic (exact) mass is 240 g/mol. The Morgan fingerprint density at radius 3 is 2.76 bits per heavy atom. The summed E-state index contributed by atoms with van der Waals surface area (Å²) in [6, 6.07) is 0. The number of nitrogens with one attached hydrogen (secondary N) is 1. The van der Waals surface area contributed by atoms with Crippen molar-refractivity contribution in [2.24, 2.45) is 5.92 Å². The number of nitrogens with zero attached hydrogens (tertiary/aromatic N) is 1. The third kappa shape index (κ3) is 4.00. The maximum atomic E-state index is 11.7. The first kappa shape index (κ1) is 12.4. The van der Waals surface area contributed by atoms with Crippen molar-refractivity contribution in [1.29, 1.82) is 0 Å². The molecular weight excluding hydrogens is 220 g/mol. The molecule has 0 aromatic heterocycles. The Morgan fingerprint density at radius 2 is 2.12 bits per heavy atom. The average Bonchev–Trinajstić information content (AvgIpc) is 3.00. The fourth-order valence-corrected chi connectivity index (χ4v) is 1.96. The van der Waals surface area contributed by atoms with Gasteiger partial charge in [-0.1, -0.05) is 0 Å². The van der Waals surface area contributed by atoms with Crippen LogP contribution in [0.3, 0.4) is 0 Å². The fourth-order valence-electron chi connectivity index (χ4n) is 1.96. The molecular formula is C12H20N2O3. The van der Waals surface area contributed by atoms with Crippen LogP contribution in [0.5, 0.6) is 0 Å². The predicted molar refractivity (Wildman–Crippen MR) is 62.3 cm³/mol. The van der Waals surface area contributed by atoms with Crippen LogP contribution in [0.25, 0.3) is 0 Å². The van der Waals surface area contributed by atoms with Crippen LogP contribution in [0.2, 0.25) is 0 Å². The summed E-state index contributed by atoms with van der Waals surface area (Å²) in [5.41, 5.74) is 0. The Kier molecular flexibility index (Phi) is 3.99. The molecule has 17 heavy (non-hydrogen) atoms. The molecule has 0 bridgehead atoms. The average molecular weight is 240 g/mol. The minimum Gasteiger partial charge on any atom is -0.376 e. The van der Waals surface area contributed by atoms with Gasteiger partial charge in [0.2, 0.25) is 11.8 Å². The summed E-state index contributed by atoms with van der Waals surface area (Å²) in [6.07, 6.45) is 3.69. The van der Waals surface area contributed by atoms with Crippen molar-refractivity contribution in [3.63, 3.8) is 0 Å². The van der Waals surface area contributed by atoms with Crippen molar-refractivity contribution in [3.05, 3.63) is 0 Å². The number of carbonyl (C=O) groups is 2. The van der Waals surface area contributed by atoms with Crippen LogP contribution in [0, 0.1) is 5.92 Å². The molecule has 2 rings (SSSR count). The molecule has 2 fully saturated rings. The summed E-state index contributed by atoms with van der Waals surface area (Å²) in [4.78, 5) is 24.2. The second kappa shape index (κ2) is 5.49. The van der Waals surface area contributed by atoms with Crippen molar-refractivity contribution in [2.75, 3.05) is 26.2 Å². The molecule has 2 amide bonds. The van der Waals surface area contributed by atoms with E-state index >= 15 is 0 Å². The Bertz CT molecular complexity index is 302. The summed E-state index contributed by atoms with van der Waals surface area (Å²) >= 11 is 0. The topological polar surface area (TPSA) is 58.6 Å². The van der Waals surface area contributed by atoms with Crippen molar-refractivity contribution in [2.45, 2.75) is 32.3 Å². The number of rotatable bonds is 5. The highest BCUT2D eigenvalue weighted by Crippen LogP contribution is 2.29. The highest BCUT2D eigenvalue weighted by Gasteiger charge is 2.29. The quantitative estimate of drug-likeness (QED) is 0.744. The van der Waals surface area contributed by atoms with Gasteiger partial charge in [-0.05, 0) is 25.2 Å². The van der Waals surface area contributed by atoms with E-state index in [0.29, 0.717) is 6.54 Å². The molecule has 2 aliphatic rings. The molecule has 1 unspecified atom stereocenters. The van der Waals surface area contributed by atoms with E-state index in [1.165, 1.54) is 19.8 Å². The molecule has 1 aliphatic carbocycles. The summed E-state index contributed by atoms with van der Waals surface area (Å²) in [6.45, 7) is 3.78. The number of carbonyl (C=O) groups excluding carboxylic acids is 2. The molecule has 1 atom stereocenters. The summed E-state index contributed by atoms with van der Waals surface area (Å²) in [7, 11) is 0. The van der Waals surface area contributed by atoms with Crippen molar-refractivity contribution in [1.82, 2.24) is 10.2 Å². The smallest absolute Gasteiger partial charge is 0.242 e. The zero-order chi connectivity index (χ0) is 12.3. The van der Waals surface area contributed by atoms with Gasteiger partial charge < -0.3 is 15.0 Å². The van der Waals surface area contributed by atoms with Crippen LogP contribution in [0.1, 0.15) is 26.2 Å². The third-order valence-corrected chi connectivity index (χ3v) is 3.25. The highest BCUT2D eigenvalue weighted by atomic mass is 16.5. The van der Waals surface area contributed by atoms with E-state index in [1.54, 1.807) is 4.90 Å². The molecule has 5 heteroatoms. The molecule has 5 nitrogen and oxygen atoms in total. The van der Waals surface area contributed by atoms with Crippen LogP contribution in [-0.2, 0) is 14.3 Å². The van der Waals surface area contributed by atoms with Crippen LogP contribution < -0.4 is 5.32 Å². The van der Waals surface area contributed by atoms with E-state index in [2.05, 4.69) is 5.32 Å². The first-order valence-electron chi connectivity index (χ1n) is 6.29. The van der Waals surface area contributed by atoms with Gasteiger partial charge in [-0.15, -0.1) is 0 Å². The van der Waals surface area contributed by atoms with Gasteiger partial charge in [-0.2, -0.15) is 0 Å². The third-order valence-electron chi connectivity index (χ3n) is 3.25. The Hall–Kier alpha value is -1.10. The predicted octanol–water partition coefficient (Wildman–Crippen LogP) is 0.150. The lowest BCUT2D eigenvalue weighted by atomic mass is 10.3. The standard InChI is InChI=1S/C12H20N2O3/c1-9(15)13-6-12(16)14-5-4-11(7-14)17-8-10-2-3-10/h10-11H,2-8H2,1H3,(H,13,15). The second-order valence-corrected chi connectivity index (χ2v) is 4.94. The lowest BCUT2D eigenvalue weighted by molar-refractivity contribution is -0.132. The van der Waals surface area contributed by atoms with Crippen LogP contribution >= 0.6 is 0 Å². The lowest BCUT2D eigenvalue weighted by Crippen LogP contribution is -2.38. The van der Waals surface area contributed by atoms with E-state index in [4.69, 9.17) is 4.74 Å². The van der Waals surface area contributed by atoms with Gasteiger partial charge in [0.1, 0.15) is 0 Å². The van der Waals surface area contributed by atoms with Crippen LogP contribution in [0.15, 0.2) is 0 Å². The molecule has 0 radical (unpaired) electrons. The summed E-state index contributed by atoms with van der Waals surface area (Å²) < 4.78 is 5.75. The minimum absolute atomic E-state index is 0.0160. The number of hydrogen-bond donors (Lipinski definition) is 1. The van der Waals surface area contributed by atoms with E-state index in [1.807, 2.05) is 0 Å². The van der Waals surface area contributed by atoms with Gasteiger partial charge in [0.25, 0.3) is 0 Å². The molecule has 1 saturated heterocycles. The molecule has 1 heterocycles. The maximum Gasteiger partial charge on any atom is 0.242 e. The van der Waals surface area contributed by atoms with Gasteiger partial charge in [0.15, 0.2) is 0 Å². The Labute approximate surface area is 101 Å². The van der Waals surface area contributed by atoms with E-state index in [-0.39, 0.29) is 24.5 Å².